The Morgan fingerprint density at radius 2 is 2.18 bits per heavy atom. The van der Waals surface area contributed by atoms with Crippen LogP contribution in [0.4, 0.5) is 18.3 Å². The molecule has 1 aromatic rings. The van der Waals surface area contributed by atoms with Gasteiger partial charge in [0.05, 0.1) is 6.20 Å². The van der Waals surface area contributed by atoms with Crippen molar-refractivity contribution in [3.05, 3.63) is 11.1 Å². The smallest absolute Gasteiger partial charge is 0.345 e. The van der Waals surface area contributed by atoms with Crippen molar-refractivity contribution in [3.63, 3.8) is 0 Å². The van der Waals surface area contributed by atoms with Crippen LogP contribution in [-0.2, 0) is 6.18 Å². The highest BCUT2D eigenvalue weighted by Gasteiger charge is 2.35. The van der Waals surface area contributed by atoms with Crippen LogP contribution in [0, 0.1) is 0 Å². The monoisotopic (exact) mass is 265 g/mol. The molecule has 1 aromatic heterocycles. The van der Waals surface area contributed by atoms with E-state index >= 15 is 0 Å². The van der Waals surface area contributed by atoms with Gasteiger partial charge >= 0.3 is 6.18 Å². The second-order valence-electron chi connectivity index (χ2n) is 4.74. The van der Waals surface area contributed by atoms with Gasteiger partial charge in [0.1, 0.15) is 4.88 Å². The molecule has 1 aliphatic heterocycles. The lowest BCUT2D eigenvalue weighted by molar-refractivity contribution is -0.134. The van der Waals surface area contributed by atoms with Crippen LogP contribution in [0.1, 0.15) is 18.7 Å². The second-order valence-corrected chi connectivity index (χ2v) is 5.75. The molecule has 0 unspecified atom stereocenters. The van der Waals surface area contributed by atoms with Crippen LogP contribution >= 0.6 is 11.3 Å². The zero-order valence-corrected chi connectivity index (χ0v) is 10.5. The first-order valence-electron chi connectivity index (χ1n) is 5.31. The fourth-order valence-corrected chi connectivity index (χ4v) is 2.65. The molecule has 0 saturated carbocycles. The quantitative estimate of drug-likeness (QED) is 0.845. The molecule has 0 aromatic carbocycles. The van der Waals surface area contributed by atoms with Gasteiger partial charge in [-0.2, -0.15) is 13.2 Å². The van der Waals surface area contributed by atoms with E-state index in [0.29, 0.717) is 29.6 Å². The number of nitrogens with zero attached hydrogens (tertiary/aromatic N) is 2. The van der Waals surface area contributed by atoms with Crippen molar-refractivity contribution in [2.75, 3.05) is 24.5 Å². The Morgan fingerprint density at radius 3 is 2.71 bits per heavy atom. The van der Waals surface area contributed by atoms with Crippen LogP contribution in [0.5, 0.6) is 0 Å². The Kier molecular flexibility index (Phi) is 3.07. The number of nitrogens with one attached hydrogen (secondary N) is 1. The predicted octanol–water partition coefficient (Wildman–Crippen LogP) is 2.35. The minimum absolute atomic E-state index is 0.0949. The summed E-state index contributed by atoms with van der Waals surface area (Å²) in [6.07, 6.45) is -3.38. The van der Waals surface area contributed by atoms with Crippen molar-refractivity contribution in [3.8, 4) is 0 Å². The van der Waals surface area contributed by atoms with E-state index in [1.54, 1.807) is 0 Å². The molecule has 17 heavy (non-hydrogen) atoms. The van der Waals surface area contributed by atoms with Gasteiger partial charge in [-0.25, -0.2) is 4.98 Å². The van der Waals surface area contributed by atoms with Gasteiger partial charge < -0.3 is 10.2 Å². The fourth-order valence-electron chi connectivity index (χ4n) is 1.85. The topological polar surface area (TPSA) is 28.2 Å². The van der Waals surface area contributed by atoms with Crippen molar-refractivity contribution in [1.29, 1.82) is 0 Å². The van der Waals surface area contributed by atoms with E-state index in [1.807, 2.05) is 18.7 Å². The van der Waals surface area contributed by atoms with Crippen LogP contribution in [0.25, 0.3) is 0 Å². The Bertz CT molecular complexity index is 400. The second kappa shape index (κ2) is 4.13. The van der Waals surface area contributed by atoms with Gasteiger partial charge in [-0.05, 0) is 13.8 Å². The first-order chi connectivity index (χ1) is 7.78. The molecule has 2 rings (SSSR count). The lowest BCUT2D eigenvalue weighted by Crippen LogP contribution is -2.57. The van der Waals surface area contributed by atoms with Gasteiger partial charge in [-0.3, -0.25) is 0 Å². The summed E-state index contributed by atoms with van der Waals surface area (Å²) in [5, 5.41) is 3.76. The lowest BCUT2D eigenvalue weighted by atomic mass is 10.0. The van der Waals surface area contributed by atoms with Crippen LogP contribution < -0.4 is 10.2 Å². The first kappa shape index (κ1) is 12.6. The third-order valence-corrected chi connectivity index (χ3v) is 3.72. The SMILES string of the molecule is CC1(C)CN(c2ncc(C(F)(F)F)s2)CCN1. The Morgan fingerprint density at radius 1 is 1.47 bits per heavy atom. The fraction of sp³-hybridized carbons (Fsp3) is 0.700. The van der Waals surface area contributed by atoms with Gasteiger partial charge in [-0.15, -0.1) is 0 Å². The van der Waals surface area contributed by atoms with Crippen molar-refractivity contribution >= 4 is 16.5 Å². The van der Waals surface area contributed by atoms with E-state index in [2.05, 4.69) is 10.3 Å². The van der Waals surface area contributed by atoms with Crippen molar-refractivity contribution in [1.82, 2.24) is 10.3 Å². The molecule has 0 aliphatic carbocycles. The third-order valence-electron chi connectivity index (χ3n) is 2.61. The van der Waals surface area contributed by atoms with Crippen LogP contribution in [-0.4, -0.2) is 30.2 Å². The molecule has 0 atom stereocenters. The third kappa shape index (κ3) is 2.90. The number of rotatable bonds is 1. The predicted molar refractivity (Wildman–Crippen MR) is 61.4 cm³/mol. The van der Waals surface area contributed by atoms with Crippen molar-refractivity contribution in [2.45, 2.75) is 25.6 Å². The Hall–Kier alpha value is -0.820. The van der Waals surface area contributed by atoms with E-state index in [-0.39, 0.29) is 5.54 Å². The zero-order chi connectivity index (χ0) is 12.7. The molecule has 0 radical (unpaired) electrons. The van der Waals surface area contributed by atoms with Crippen LogP contribution in [0.15, 0.2) is 6.20 Å². The lowest BCUT2D eigenvalue weighted by Gasteiger charge is -2.38. The van der Waals surface area contributed by atoms with E-state index in [1.165, 1.54) is 0 Å². The summed E-state index contributed by atoms with van der Waals surface area (Å²) in [5.74, 6) is 0. The molecule has 1 aliphatic rings. The normalized spacial score (nSPS) is 20.6. The van der Waals surface area contributed by atoms with Crippen molar-refractivity contribution in [2.24, 2.45) is 0 Å². The maximum absolute atomic E-state index is 12.5. The number of piperazine rings is 1. The number of aromatic nitrogens is 1. The number of anilines is 1. The molecule has 96 valence electrons. The summed E-state index contributed by atoms with van der Waals surface area (Å²) < 4.78 is 37.4. The molecule has 0 amide bonds. The molecule has 1 N–H and O–H groups in total. The van der Waals surface area contributed by atoms with Gasteiger partial charge in [0.2, 0.25) is 0 Å². The number of thiazole rings is 1. The highest BCUT2D eigenvalue weighted by atomic mass is 32.1. The summed E-state index contributed by atoms with van der Waals surface area (Å²) in [6, 6.07) is 0. The van der Waals surface area contributed by atoms with Crippen LogP contribution in [0.2, 0.25) is 0 Å². The zero-order valence-electron chi connectivity index (χ0n) is 9.64. The molecule has 3 nitrogen and oxygen atoms in total. The molecule has 7 heteroatoms. The summed E-state index contributed by atoms with van der Waals surface area (Å²) in [5.41, 5.74) is -0.0949. The molecular weight excluding hydrogens is 251 g/mol. The van der Waals surface area contributed by atoms with E-state index in [0.717, 1.165) is 12.7 Å². The molecule has 1 fully saturated rings. The van der Waals surface area contributed by atoms with E-state index in [4.69, 9.17) is 0 Å². The van der Waals surface area contributed by atoms with Gasteiger partial charge in [0.25, 0.3) is 0 Å². The number of hydrogen-bond donors (Lipinski definition) is 1. The maximum Gasteiger partial charge on any atom is 0.427 e. The Balaban J connectivity index is 2.15. The number of halogens is 3. The molecule has 0 bridgehead atoms. The molecule has 0 spiro atoms. The standard InChI is InChI=1S/C10H14F3N3S/c1-9(2)6-16(4-3-15-9)8-14-5-7(17-8)10(11,12)13/h5,15H,3-4,6H2,1-2H3. The van der Waals surface area contributed by atoms with Gasteiger partial charge in [0, 0.05) is 25.2 Å². The Labute approximate surface area is 102 Å². The number of alkyl halides is 3. The largest absolute Gasteiger partial charge is 0.427 e. The molecule has 2 heterocycles. The average molecular weight is 265 g/mol. The van der Waals surface area contributed by atoms with Gasteiger partial charge in [0.15, 0.2) is 5.13 Å². The molecular formula is C10H14F3N3S. The van der Waals surface area contributed by atoms with Gasteiger partial charge in [-0.1, -0.05) is 11.3 Å². The summed E-state index contributed by atoms with van der Waals surface area (Å²) in [6.45, 7) is 6.16. The average Bonchev–Trinajstić information content (AvgIpc) is 2.63. The number of hydrogen-bond acceptors (Lipinski definition) is 4. The minimum atomic E-state index is -4.29. The van der Waals surface area contributed by atoms with E-state index < -0.39 is 11.1 Å². The first-order valence-corrected chi connectivity index (χ1v) is 6.13. The minimum Gasteiger partial charge on any atom is -0.345 e. The summed E-state index contributed by atoms with van der Waals surface area (Å²) >= 11 is 0.709. The van der Waals surface area contributed by atoms with Crippen LogP contribution in [0.3, 0.4) is 0 Å². The highest BCUT2D eigenvalue weighted by molar-refractivity contribution is 7.15. The maximum atomic E-state index is 12.5. The van der Waals surface area contributed by atoms with Crippen molar-refractivity contribution < 1.29 is 13.2 Å². The summed E-state index contributed by atoms with van der Waals surface area (Å²) in [7, 11) is 0. The summed E-state index contributed by atoms with van der Waals surface area (Å²) in [4.78, 5) is 5.13. The van der Waals surface area contributed by atoms with E-state index in [9.17, 15) is 13.2 Å². The molecule has 1 saturated heterocycles. The highest BCUT2D eigenvalue weighted by Crippen LogP contribution is 2.36.